The number of aromatic nitrogens is 3. The fourth-order valence-electron chi connectivity index (χ4n) is 3.88. The van der Waals surface area contributed by atoms with Crippen LogP contribution < -0.4 is 5.32 Å². The molecule has 0 aliphatic rings. The molecule has 7 heteroatoms. The maximum Gasteiger partial charge on any atom is 0.251 e. The lowest BCUT2D eigenvalue weighted by atomic mass is 10.1. The van der Waals surface area contributed by atoms with E-state index >= 15 is 0 Å². The largest absolute Gasteiger partial charge is 0.469 e. The van der Waals surface area contributed by atoms with Gasteiger partial charge in [0.25, 0.3) is 5.91 Å². The van der Waals surface area contributed by atoms with Gasteiger partial charge in [-0.3, -0.25) is 9.36 Å². The van der Waals surface area contributed by atoms with Crippen LogP contribution in [-0.2, 0) is 18.7 Å². The Balaban J connectivity index is 1.24. The van der Waals surface area contributed by atoms with Crippen LogP contribution in [0.1, 0.15) is 33.7 Å². The van der Waals surface area contributed by atoms with Crippen LogP contribution >= 0.6 is 11.8 Å². The van der Waals surface area contributed by atoms with Crippen LogP contribution in [0.4, 0.5) is 0 Å². The highest BCUT2D eigenvalue weighted by atomic mass is 32.2. The molecule has 3 aromatic heterocycles. The van der Waals surface area contributed by atoms with E-state index in [1.165, 1.54) is 5.56 Å². The Labute approximate surface area is 208 Å². The molecule has 0 atom stereocenters. The van der Waals surface area contributed by atoms with Crippen molar-refractivity contribution in [2.45, 2.75) is 30.3 Å². The second kappa shape index (κ2) is 11.1. The molecule has 0 fully saturated rings. The first kappa shape index (κ1) is 22.9. The van der Waals surface area contributed by atoms with E-state index in [1.54, 1.807) is 24.2 Å². The number of amides is 1. The average molecular weight is 483 g/mol. The smallest absolute Gasteiger partial charge is 0.251 e. The third kappa shape index (κ3) is 5.81. The lowest BCUT2D eigenvalue weighted by Gasteiger charge is -2.10. The number of aryl methyl sites for hydroxylation is 1. The molecule has 0 radical (unpaired) electrons. The zero-order valence-electron chi connectivity index (χ0n) is 19.3. The van der Waals surface area contributed by atoms with Crippen molar-refractivity contribution < 1.29 is 9.21 Å². The molecule has 0 saturated carbocycles. The van der Waals surface area contributed by atoms with E-state index in [0.717, 1.165) is 46.2 Å². The molecule has 0 saturated heterocycles. The molecular weight excluding hydrogens is 456 g/mol. The van der Waals surface area contributed by atoms with E-state index in [1.807, 2.05) is 54.6 Å². The van der Waals surface area contributed by atoms with Crippen LogP contribution in [0, 0.1) is 0 Å². The first-order chi connectivity index (χ1) is 17.3. The minimum atomic E-state index is -0.0650. The highest BCUT2D eigenvalue weighted by Gasteiger charge is 2.13. The summed E-state index contributed by atoms with van der Waals surface area (Å²) in [6.07, 6.45) is 5.11. The van der Waals surface area contributed by atoms with E-state index in [-0.39, 0.29) is 5.91 Å². The van der Waals surface area contributed by atoms with Gasteiger partial charge in [-0.2, -0.15) is 0 Å². The summed E-state index contributed by atoms with van der Waals surface area (Å²) in [6, 6.07) is 25.9. The zero-order valence-corrected chi connectivity index (χ0v) is 20.1. The van der Waals surface area contributed by atoms with Gasteiger partial charge in [-0.15, -0.1) is 0 Å². The molecule has 35 heavy (non-hydrogen) atoms. The average Bonchev–Trinajstić information content (AvgIpc) is 3.54. The number of carbonyl (C=O) groups excluding carboxylic acids is 1. The van der Waals surface area contributed by atoms with Crippen molar-refractivity contribution in [2.75, 3.05) is 6.54 Å². The molecule has 0 unspecified atom stereocenters. The summed E-state index contributed by atoms with van der Waals surface area (Å²) in [7, 11) is 0. The maximum absolute atomic E-state index is 12.5. The first-order valence-corrected chi connectivity index (χ1v) is 12.6. The predicted octanol–water partition coefficient (Wildman–Crippen LogP) is 5.73. The van der Waals surface area contributed by atoms with Crippen molar-refractivity contribution in [1.29, 1.82) is 0 Å². The minimum Gasteiger partial charge on any atom is -0.469 e. The summed E-state index contributed by atoms with van der Waals surface area (Å²) in [5.41, 5.74) is 4.74. The van der Waals surface area contributed by atoms with Crippen LogP contribution in [0.25, 0.3) is 11.2 Å². The second-order valence-corrected chi connectivity index (χ2v) is 9.18. The van der Waals surface area contributed by atoms with Gasteiger partial charge in [0.05, 0.1) is 12.8 Å². The molecule has 5 rings (SSSR count). The van der Waals surface area contributed by atoms with Crippen LogP contribution in [0.3, 0.4) is 0 Å². The molecular formula is C28H26N4O2S. The number of nitrogens with zero attached hydrogens (tertiary/aromatic N) is 3. The lowest BCUT2D eigenvalue weighted by molar-refractivity contribution is 0.0953. The van der Waals surface area contributed by atoms with E-state index in [2.05, 4.69) is 39.1 Å². The fraction of sp³-hybridized carbons (Fsp3) is 0.179. The van der Waals surface area contributed by atoms with Crippen molar-refractivity contribution in [1.82, 2.24) is 19.9 Å². The molecule has 5 aromatic rings. The van der Waals surface area contributed by atoms with Crippen LogP contribution in [0.5, 0.6) is 0 Å². The Morgan fingerprint density at radius 3 is 2.60 bits per heavy atom. The molecule has 0 aliphatic heterocycles. The molecule has 1 amide bonds. The van der Waals surface area contributed by atoms with Gasteiger partial charge in [0.1, 0.15) is 11.3 Å². The summed E-state index contributed by atoms with van der Waals surface area (Å²) < 4.78 is 7.47. The van der Waals surface area contributed by atoms with Crippen LogP contribution in [0.15, 0.2) is 101 Å². The lowest BCUT2D eigenvalue weighted by Crippen LogP contribution is -2.24. The number of hydrogen-bond acceptors (Lipinski definition) is 5. The standard InChI is InChI=1S/C28H26N4O2S/c33-27(30-17-4-9-24-10-6-18-34-24)23-14-12-21(13-15-23)19-32-26-25(11-5-16-29-26)31-28(32)35-20-22-7-2-1-3-8-22/h1-3,5-8,10-16,18H,4,9,17,19-20H2,(H,30,33). The van der Waals surface area contributed by atoms with Crippen molar-refractivity contribution in [3.8, 4) is 0 Å². The Morgan fingerprint density at radius 1 is 0.943 bits per heavy atom. The van der Waals surface area contributed by atoms with Crippen molar-refractivity contribution in [2.24, 2.45) is 0 Å². The Bertz CT molecular complexity index is 1380. The molecule has 2 aromatic carbocycles. The summed E-state index contributed by atoms with van der Waals surface area (Å²) in [5.74, 6) is 1.71. The van der Waals surface area contributed by atoms with Gasteiger partial charge in [0.15, 0.2) is 10.8 Å². The Morgan fingerprint density at radius 2 is 1.80 bits per heavy atom. The zero-order chi connectivity index (χ0) is 23.9. The van der Waals surface area contributed by atoms with E-state index in [9.17, 15) is 4.79 Å². The minimum absolute atomic E-state index is 0.0650. The highest BCUT2D eigenvalue weighted by Crippen LogP contribution is 2.27. The van der Waals surface area contributed by atoms with Crippen molar-refractivity contribution in [3.63, 3.8) is 0 Å². The molecule has 176 valence electrons. The molecule has 0 bridgehead atoms. The number of fused-ring (bicyclic) bond motifs is 1. The topological polar surface area (TPSA) is 73.0 Å². The Kier molecular flexibility index (Phi) is 7.24. The molecule has 0 spiro atoms. The number of benzene rings is 2. The summed E-state index contributed by atoms with van der Waals surface area (Å²) in [5, 5.41) is 3.91. The molecule has 0 aliphatic carbocycles. The summed E-state index contributed by atoms with van der Waals surface area (Å²) >= 11 is 1.70. The van der Waals surface area contributed by atoms with Gasteiger partial charge in [-0.05, 0) is 53.9 Å². The number of furan rings is 1. The third-order valence-electron chi connectivity index (χ3n) is 5.70. The van der Waals surface area contributed by atoms with Gasteiger partial charge in [-0.25, -0.2) is 9.97 Å². The van der Waals surface area contributed by atoms with Gasteiger partial charge < -0.3 is 9.73 Å². The number of imidazole rings is 1. The van der Waals surface area contributed by atoms with Crippen molar-refractivity contribution >= 4 is 28.8 Å². The molecule has 3 heterocycles. The first-order valence-electron chi connectivity index (χ1n) is 11.6. The van der Waals surface area contributed by atoms with Gasteiger partial charge in [0.2, 0.25) is 0 Å². The normalized spacial score (nSPS) is 11.1. The number of rotatable bonds is 10. The van der Waals surface area contributed by atoms with Gasteiger partial charge >= 0.3 is 0 Å². The Hall–Kier alpha value is -3.84. The third-order valence-corrected chi connectivity index (χ3v) is 6.75. The predicted molar refractivity (Wildman–Crippen MR) is 138 cm³/mol. The monoisotopic (exact) mass is 482 g/mol. The number of carbonyl (C=O) groups is 1. The number of thioether (sulfide) groups is 1. The summed E-state index contributed by atoms with van der Waals surface area (Å²) in [4.78, 5) is 21.9. The number of hydrogen-bond donors (Lipinski definition) is 1. The number of pyridine rings is 1. The fourth-order valence-corrected chi connectivity index (χ4v) is 4.84. The van der Waals surface area contributed by atoms with Gasteiger partial charge in [-0.1, -0.05) is 54.2 Å². The molecule has 1 N–H and O–H groups in total. The number of nitrogens with one attached hydrogen (secondary N) is 1. The van der Waals surface area contributed by atoms with Crippen molar-refractivity contribution in [3.05, 3.63) is 114 Å². The second-order valence-electron chi connectivity index (χ2n) is 8.24. The summed E-state index contributed by atoms with van der Waals surface area (Å²) in [6.45, 7) is 1.24. The quantitative estimate of drug-likeness (QED) is 0.203. The maximum atomic E-state index is 12.5. The highest BCUT2D eigenvalue weighted by molar-refractivity contribution is 7.98. The van der Waals surface area contributed by atoms with E-state index < -0.39 is 0 Å². The van der Waals surface area contributed by atoms with E-state index in [0.29, 0.717) is 18.7 Å². The van der Waals surface area contributed by atoms with Crippen LogP contribution in [0.2, 0.25) is 0 Å². The van der Waals surface area contributed by atoms with Crippen LogP contribution in [-0.4, -0.2) is 27.0 Å². The van der Waals surface area contributed by atoms with Gasteiger partial charge in [0, 0.05) is 30.5 Å². The SMILES string of the molecule is O=C(NCCCc1ccco1)c1ccc(Cn2c(SCc3ccccc3)nc3cccnc32)cc1. The van der Waals surface area contributed by atoms with E-state index in [4.69, 9.17) is 9.40 Å². The molecule has 6 nitrogen and oxygen atoms in total.